The lowest BCUT2D eigenvalue weighted by Gasteiger charge is -2.50. The number of hydrogen-bond donors (Lipinski definition) is 1. The summed E-state index contributed by atoms with van der Waals surface area (Å²) in [5.41, 5.74) is 0.109. The molecule has 6 rings (SSSR count). The number of halogens is 5. The summed E-state index contributed by atoms with van der Waals surface area (Å²) in [6.07, 6.45) is -3.62. The Balaban J connectivity index is 1.50. The summed E-state index contributed by atoms with van der Waals surface area (Å²) in [7, 11) is 1.19. The van der Waals surface area contributed by atoms with E-state index < -0.39 is 69.0 Å². The van der Waals surface area contributed by atoms with Crippen LogP contribution in [0.3, 0.4) is 0 Å². The van der Waals surface area contributed by atoms with Gasteiger partial charge in [0.15, 0.2) is 9.75 Å². The van der Waals surface area contributed by atoms with Crippen molar-refractivity contribution in [2.24, 2.45) is 17.8 Å². The molecule has 1 N–H and O–H groups in total. The summed E-state index contributed by atoms with van der Waals surface area (Å²) in [5, 5.41) is 12.7. The first kappa shape index (κ1) is 28.0. The first-order valence-corrected chi connectivity index (χ1v) is 14.2. The van der Waals surface area contributed by atoms with Crippen LogP contribution in [0.5, 0.6) is 11.5 Å². The predicted molar refractivity (Wildman–Crippen MR) is 140 cm³/mol. The van der Waals surface area contributed by atoms with Gasteiger partial charge < -0.3 is 9.84 Å². The zero-order valence-corrected chi connectivity index (χ0v) is 23.5. The van der Waals surface area contributed by atoms with Gasteiger partial charge in [0.1, 0.15) is 11.5 Å². The van der Waals surface area contributed by atoms with Crippen molar-refractivity contribution in [2.75, 3.05) is 7.05 Å². The quantitative estimate of drug-likeness (QED) is 0.303. The largest absolute Gasteiger partial charge is 0.573 e. The maximum Gasteiger partial charge on any atom is 0.573 e. The molecule has 1 aromatic heterocycles. The zero-order valence-electron chi connectivity index (χ0n) is 21.2. The molecule has 2 aromatic rings. The lowest BCUT2D eigenvalue weighted by Crippen LogP contribution is -2.60. The minimum atomic E-state index is -5.06. The second kappa shape index (κ2) is 9.20. The topological polar surface area (TPSA) is 104 Å². The number of likely N-dealkylation sites (tertiary alicyclic amines) is 2. The number of aromatic hydroxyl groups is 1. The van der Waals surface area contributed by atoms with E-state index in [0.29, 0.717) is 5.57 Å². The Hall–Kier alpha value is -3.09. The number of fused-ring (bicyclic) bond motifs is 4. The molecule has 1 saturated carbocycles. The number of allylic oxidation sites excluding steroid dienone is 2. The fraction of sp³-hybridized carbons (Fsp3) is 0.407. The fourth-order valence-corrected chi connectivity index (χ4v) is 8.53. The number of rotatable bonds is 4. The zero-order chi connectivity index (χ0) is 29.6. The smallest absolute Gasteiger partial charge is 0.508 e. The molecule has 216 valence electrons. The number of phenolic OH excluding ortho intramolecular Hbond substituents is 1. The molecule has 6 atom stereocenters. The monoisotopic (exact) mass is 628 g/mol. The molecule has 0 bridgehead atoms. The third-order valence-electron chi connectivity index (χ3n) is 8.54. The number of imide groups is 2. The van der Waals surface area contributed by atoms with E-state index in [1.54, 1.807) is 18.2 Å². The van der Waals surface area contributed by atoms with Crippen molar-refractivity contribution in [2.45, 2.75) is 41.4 Å². The number of carbonyl (C=O) groups excluding carboxylic acids is 4. The first-order valence-electron chi connectivity index (χ1n) is 12.6. The molecule has 41 heavy (non-hydrogen) atoms. The predicted octanol–water partition coefficient (Wildman–Crippen LogP) is 4.54. The highest BCUT2D eigenvalue weighted by Crippen LogP contribution is 2.66. The van der Waals surface area contributed by atoms with E-state index in [-0.39, 0.29) is 30.9 Å². The molecule has 3 heterocycles. The van der Waals surface area contributed by atoms with Gasteiger partial charge in [0.05, 0.1) is 18.4 Å². The number of hydrogen-bond acceptors (Lipinski definition) is 7. The number of ether oxygens (including phenoxy) is 1. The van der Waals surface area contributed by atoms with Crippen LogP contribution in [-0.4, -0.2) is 61.7 Å². The van der Waals surface area contributed by atoms with Gasteiger partial charge in [-0.3, -0.25) is 29.0 Å². The van der Waals surface area contributed by atoms with Gasteiger partial charge in [-0.05, 0) is 48.4 Å². The molecule has 0 unspecified atom stereocenters. The minimum absolute atomic E-state index is 0.0665. The van der Waals surface area contributed by atoms with Crippen LogP contribution in [0.25, 0.3) is 0 Å². The van der Waals surface area contributed by atoms with E-state index in [4.69, 9.17) is 23.2 Å². The van der Waals surface area contributed by atoms with E-state index in [9.17, 15) is 37.5 Å². The van der Waals surface area contributed by atoms with Crippen molar-refractivity contribution >= 4 is 58.2 Å². The number of phenols is 1. The number of amides is 4. The van der Waals surface area contributed by atoms with Gasteiger partial charge in [-0.25, -0.2) is 0 Å². The van der Waals surface area contributed by atoms with Gasteiger partial charge in [0.25, 0.3) is 11.8 Å². The lowest BCUT2D eigenvalue weighted by molar-refractivity contribution is -0.274. The van der Waals surface area contributed by atoms with Crippen molar-refractivity contribution in [3.05, 3.63) is 57.8 Å². The Morgan fingerprint density at radius 1 is 1.10 bits per heavy atom. The third-order valence-corrected chi connectivity index (χ3v) is 10.8. The number of nitrogens with zero attached hydrogens (tertiary/aromatic N) is 2. The lowest BCUT2D eigenvalue weighted by atomic mass is 9.56. The molecule has 3 fully saturated rings. The molecule has 0 spiro atoms. The van der Waals surface area contributed by atoms with Gasteiger partial charge in [-0.2, -0.15) is 0 Å². The van der Waals surface area contributed by atoms with Crippen LogP contribution in [0.15, 0.2) is 47.4 Å². The van der Waals surface area contributed by atoms with Crippen LogP contribution >= 0.6 is 34.5 Å². The molecule has 4 amide bonds. The molecule has 0 radical (unpaired) electrons. The second-order valence-electron chi connectivity index (χ2n) is 10.6. The van der Waals surface area contributed by atoms with Crippen molar-refractivity contribution in [1.29, 1.82) is 0 Å². The van der Waals surface area contributed by atoms with Gasteiger partial charge in [-0.15, -0.1) is 47.7 Å². The Kier molecular flexibility index (Phi) is 6.30. The number of benzene rings is 1. The van der Waals surface area contributed by atoms with E-state index in [2.05, 4.69) is 4.74 Å². The Morgan fingerprint density at radius 2 is 1.83 bits per heavy atom. The van der Waals surface area contributed by atoms with Gasteiger partial charge in [0, 0.05) is 23.4 Å². The van der Waals surface area contributed by atoms with E-state index in [1.807, 2.05) is 5.38 Å². The second-order valence-corrected chi connectivity index (χ2v) is 12.9. The molecule has 8 nitrogen and oxygen atoms in total. The van der Waals surface area contributed by atoms with Gasteiger partial charge in [0.2, 0.25) is 11.8 Å². The number of alkyl halides is 5. The molecule has 2 aliphatic heterocycles. The van der Waals surface area contributed by atoms with E-state index >= 15 is 0 Å². The SMILES string of the molecule is CN1C(=O)[C@]2(Cl)C[C@@H]3C(=CC[C@@H]4C(=O)N(Cc5cccs5)C(=O)[C@@H]43)[C@H](c3cc(OC(F)(F)F)ccc3O)[C@]2(Cl)C1=O. The van der Waals surface area contributed by atoms with Crippen LogP contribution in [0.4, 0.5) is 13.2 Å². The standard InChI is InChI=1S/C27H21Cl2F3N2O6S/c1-33-23(38)25(28)10-17-14(5-6-15-19(17)22(37)34(21(15)36)11-13-3-2-8-41-13)20(26(25,29)24(33)39)16-9-12(4-7-18(16)35)40-27(30,31)32/h2-5,7-9,15,17,19-20,35H,6,10-11H2,1H3/t15-,17+,19-,20+,25+,26-/m0/s1. The minimum Gasteiger partial charge on any atom is -0.508 e. The maximum atomic E-state index is 13.8. The Labute approximate surface area is 245 Å². The maximum absolute atomic E-state index is 13.8. The average molecular weight is 629 g/mol. The van der Waals surface area contributed by atoms with Crippen molar-refractivity contribution < 1.29 is 42.2 Å². The summed E-state index contributed by atoms with van der Waals surface area (Å²) in [4.78, 5) is 52.5. The fourth-order valence-electron chi connectivity index (χ4n) is 6.83. The summed E-state index contributed by atoms with van der Waals surface area (Å²) in [5.74, 6) is -7.84. The van der Waals surface area contributed by atoms with Crippen LogP contribution in [-0.2, 0) is 25.7 Å². The van der Waals surface area contributed by atoms with Crippen LogP contribution in [0.1, 0.15) is 29.2 Å². The first-order chi connectivity index (χ1) is 19.2. The van der Waals surface area contributed by atoms with Crippen molar-refractivity contribution in [3.8, 4) is 11.5 Å². The molecular weight excluding hydrogens is 608 g/mol. The number of thiophene rings is 1. The highest BCUT2D eigenvalue weighted by atomic mass is 35.5. The van der Waals surface area contributed by atoms with Gasteiger partial charge >= 0.3 is 6.36 Å². The summed E-state index contributed by atoms with van der Waals surface area (Å²) < 4.78 is 43.3. The summed E-state index contributed by atoms with van der Waals surface area (Å²) in [6.45, 7) is 0.0665. The summed E-state index contributed by atoms with van der Waals surface area (Å²) >= 11 is 15.4. The highest BCUT2D eigenvalue weighted by molar-refractivity contribution is 7.09. The highest BCUT2D eigenvalue weighted by Gasteiger charge is 2.76. The Morgan fingerprint density at radius 3 is 2.49 bits per heavy atom. The van der Waals surface area contributed by atoms with Crippen molar-refractivity contribution in [3.63, 3.8) is 0 Å². The van der Waals surface area contributed by atoms with Crippen LogP contribution < -0.4 is 4.74 Å². The average Bonchev–Trinajstić information content (AvgIpc) is 3.54. The third kappa shape index (κ3) is 3.94. The van der Waals surface area contributed by atoms with Crippen LogP contribution in [0, 0.1) is 17.8 Å². The number of carbonyl (C=O) groups is 4. The van der Waals surface area contributed by atoms with Gasteiger partial charge in [-0.1, -0.05) is 17.7 Å². The molecular formula is C27H21Cl2F3N2O6S. The summed E-state index contributed by atoms with van der Waals surface area (Å²) in [6, 6.07) is 6.33. The molecule has 2 saturated heterocycles. The van der Waals surface area contributed by atoms with E-state index in [0.717, 1.165) is 28.0 Å². The molecule has 4 aliphatic rings. The molecule has 2 aliphatic carbocycles. The molecule has 1 aromatic carbocycles. The normalized spacial score (nSPS) is 33.1. The Bertz CT molecular complexity index is 1530. The molecule has 14 heteroatoms. The van der Waals surface area contributed by atoms with Crippen LogP contribution in [0.2, 0.25) is 0 Å². The van der Waals surface area contributed by atoms with E-state index in [1.165, 1.54) is 23.3 Å². The van der Waals surface area contributed by atoms with Crippen molar-refractivity contribution in [1.82, 2.24) is 9.80 Å².